The molecule has 2 saturated heterocycles. The number of hydrogen-bond acceptors (Lipinski definition) is 3. The molecule has 0 aliphatic carbocycles. The SMILES string of the molecule is O=C([C@@H]1CCNC1)N1CCC(CCO)CC1. The van der Waals surface area contributed by atoms with Crippen molar-refractivity contribution in [2.24, 2.45) is 11.8 Å². The minimum Gasteiger partial charge on any atom is -0.396 e. The molecule has 0 unspecified atom stereocenters. The molecule has 1 amide bonds. The third kappa shape index (κ3) is 2.74. The first kappa shape index (κ1) is 11.9. The van der Waals surface area contributed by atoms with Gasteiger partial charge in [0.2, 0.25) is 5.91 Å². The first-order valence-corrected chi connectivity index (χ1v) is 6.41. The molecule has 2 fully saturated rings. The smallest absolute Gasteiger partial charge is 0.227 e. The van der Waals surface area contributed by atoms with Gasteiger partial charge in [-0.05, 0) is 38.1 Å². The monoisotopic (exact) mass is 226 g/mol. The Morgan fingerprint density at radius 3 is 2.62 bits per heavy atom. The van der Waals surface area contributed by atoms with Crippen LogP contribution in [0.5, 0.6) is 0 Å². The van der Waals surface area contributed by atoms with Crippen molar-refractivity contribution < 1.29 is 9.90 Å². The first-order valence-electron chi connectivity index (χ1n) is 6.41. The van der Waals surface area contributed by atoms with Crippen molar-refractivity contribution in [3.63, 3.8) is 0 Å². The summed E-state index contributed by atoms with van der Waals surface area (Å²) in [5.74, 6) is 1.18. The van der Waals surface area contributed by atoms with Crippen molar-refractivity contribution in [2.45, 2.75) is 25.7 Å². The van der Waals surface area contributed by atoms with E-state index in [1.165, 1.54) is 0 Å². The molecule has 16 heavy (non-hydrogen) atoms. The summed E-state index contributed by atoms with van der Waals surface area (Å²) in [4.78, 5) is 14.1. The Hall–Kier alpha value is -0.610. The van der Waals surface area contributed by atoms with Crippen LogP contribution in [0.3, 0.4) is 0 Å². The van der Waals surface area contributed by atoms with E-state index in [2.05, 4.69) is 5.32 Å². The van der Waals surface area contributed by atoms with Gasteiger partial charge in [-0.15, -0.1) is 0 Å². The normalized spacial score (nSPS) is 27.3. The second kappa shape index (κ2) is 5.64. The highest BCUT2D eigenvalue weighted by atomic mass is 16.3. The molecule has 2 heterocycles. The third-order valence-corrected chi connectivity index (χ3v) is 3.87. The molecule has 2 N–H and O–H groups in total. The number of likely N-dealkylation sites (tertiary alicyclic amines) is 1. The van der Waals surface area contributed by atoms with Gasteiger partial charge in [-0.1, -0.05) is 0 Å². The average Bonchev–Trinajstić information content (AvgIpc) is 2.83. The summed E-state index contributed by atoms with van der Waals surface area (Å²) >= 11 is 0. The van der Waals surface area contributed by atoms with Gasteiger partial charge in [0, 0.05) is 26.2 Å². The van der Waals surface area contributed by atoms with Crippen LogP contribution in [0.15, 0.2) is 0 Å². The zero-order chi connectivity index (χ0) is 11.4. The molecule has 0 aromatic heterocycles. The van der Waals surface area contributed by atoms with Crippen LogP contribution in [0.4, 0.5) is 0 Å². The molecule has 0 saturated carbocycles. The number of nitrogens with one attached hydrogen (secondary N) is 1. The highest BCUT2D eigenvalue weighted by Crippen LogP contribution is 2.22. The van der Waals surface area contributed by atoms with Crippen molar-refractivity contribution >= 4 is 5.91 Å². The van der Waals surface area contributed by atoms with E-state index < -0.39 is 0 Å². The van der Waals surface area contributed by atoms with E-state index in [0.717, 1.165) is 51.9 Å². The summed E-state index contributed by atoms with van der Waals surface area (Å²) < 4.78 is 0. The fraction of sp³-hybridized carbons (Fsp3) is 0.917. The van der Waals surface area contributed by atoms with E-state index in [1.54, 1.807) is 0 Å². The van der Waals surface area contributed by atoms with Crippen LogP contribution in [0.2, 0.25) is 0 Å². The number of nitrogens with zero attached hydrogens (tertiary/aromatic N) is 1. The van der Waals surface area contributed by atoms with Crippen molar-refractivity contribution in [1.82, 2.24) is 10.2 Å². The molecule has 4 heteroatoms. The topological polar surface area (TPSA) is 52.6 Å². The maximum Gasteiger partial charge on any atom is 0.227 e. The Bertz CT molecular complexity index is 231. The summed E-state index contributed by atoms with van der Waals surface area (Å²) in [7, 11) is 0. The lowest BCUT2D eigenvalue weighted by molar-refractivity contribution is -0.136. The molecule has 2 rings (SSSR count). The quantitative estimate of drug-likeness (QED) is 0.723. The molecule has 0 aromatic carbocycles. The maximum atomic E-state index is 12.1. The summed E-state index contributed by atoms with van der Waals surface area (Å²) in [6.45, 7) is 3.90. The highest BCUT2D eigenvalue weighted by molar-refractivity contribution is 5.79. The summed E-state index contributed by atoms with van der Waals surface area (Å²) in [6, 6.07) is 0. The largest absolute Gasteiger partial charge is 0.396 e. The molecule has 92 valence electrons. The fourth-order valence-electron chi connectivity index (χ4n) is 2.75. The Morgan fingerprint density at radius 2 is 2.06 bits per heavy atom. The number of aliphatic hydroxyl groups excluding tert-OH is 1. The van der Waals surface area contributed by atoms with Gasteiger partial charge in [0.05, 0.1) is 5.92 Å². The van der Waals surface area contributed by atoms with Crippen molar-refractivity contribution in [3.05, 3.63) is 0 Å². The number of amides is 1. The number of carbonyl (C=O) groups is 1. The van der Waals surface area contributed by atoms with Crippen molar-refractivity contribution in [3.8, 4) is 0 Å². The molecule has 2 aliphatic heterocycles. The van der Waals surface area contributed by atoms with E-state index in [0.29, 0.717) is 11.8 Å². The molecule has 0 bridgehead atoms. The van der Waals surface area contributed by atoms with E-state index in [4.69, 9.17) is 5.11 Å². The van der Waals surface area contributed by atoms with Crippen molar-refractivity contribution in [2.75, 3.05) is 32.8 Å². The fourth-order valence-corrected chi connectivity index (χ4v) is 2.75. The van der Waals surface area contributed by atoms with Gasteiger partial charge in [-0.2, -0.15) is 0 Å². The standard InChI is InChI=1S/C12H22N2O2/c15-8-4-10-2-6-14(7-3-10)12(16)11-1-5-13-9-11/h10-11,13,15H,1-9H2/t11-/m1/s1. The van der Waals surface area contributed by atoms with Crippen LogP contribution in [-0.4, -0.2) is 48.7 Å². The minimum atomic E-state index is 0.217. The van der Waals surface area contributed by atoms with Crippen LogP contribution < -0.4 is 5.32 Å². The Morgan fingerprint density at radius 1 is 1.31 bits per heavy atom. The van der Waals surface area contributed by atoms with Crippen LogP contribution in [0.1, 0.15) is 25.7 Å². The number of carbonyl (C=O) groups excluding carboxylic acids is 1. The molecular weight excluding hydrogens is 204 g/mol. The predicted molar refractivity (Wildman–Crippen MR) is 62.0 cm³/mol. The third-order valence-electron chi connectivity index (χ3n) is 3.87. The van der Waals surface area contributed by atoms with Crippen molar-refractivity contribution in [1.29, 1.82) is 0 Å². The van der Waals surface area contributed by atoms with Gasteiger partial charge >= 0.3 is 0 Å². The lowest BCUT2D eigenvalue weighted by atomic mass is 9.93. The lowest BCUT2D eigenvalue weighted by Crippen LogP contribution is -2.42. The van der Waals surface area contributed by atoms with Crippen LogP contribution >= 0.6 is 0 Å². The molecule has 0 radical (unpaired) electrons. The van der Waals surface area contributed by atoms with Gasteiger partial charge in [0.15, 0.2) is 0 Å². The first-order chi connectivity index (χ1) is 7.81. The molecular formula is C12H22N2O2. The second-order valence-electron chi connectivity index (χ2n) is 4.97. The average molecular weight is 226 g/mol. The molecule has 1 atom stereocenters. The highest BCUT2D eigenvalue weighted by Gasteiger charge is 2.29. The number of aliphatic hydroxyl groups is 1. The van der Waals surface area contributed by atoms with Crippen LogP contribution in [-0.2, 0) is 4.79 Å². The molecule has 2 aliphatic rings. The Labute approximate surface area is 97.0 Å². The van der Waals surface area contributed by atoms with Gasteiger partial charge in [0.25, 0.3) is 0 Å². The van der Waals surface area contributed by atoms with Gasteiger partial charge in [-0.25, -0.2) is 0 Å². The van der Waals surface area contributed by atoms with Crippen LogP contribution in [0.25, 0.3) is 0 Å². The lowest BCUT2D eigenvalue weighted by Gasteiger charge is -2.33. The summed E-state index contributed by atoms with van der Waals surface area (Å²) in [5, 5.41) is 12.1. The maximum absolute atomic E-state index is 12.1. The van der Waals surface area contributed by atoms with E-state index in [1.807, 2.05) is 4.90 Å². The number of rotatable bonds is 3. The van der Waals surface area contributed by atoms with Crippen LogP contribution in [0, 0.1) is 11.8 Å². The van der Waals surface area contributed by atoms with Gasteiger partial charge in [-0.3, -0.25) is 4.79 Å². The van der Waals surface area contributed by atoms with E-state index in [-0.39, 0.29) is 12.5 Å². The zero-order valence-electron chi connectivity index (χ0n) is 9.82. The predicted octanol–water partition coefficient (Wildman–Crippen LogP) is 0.217. The van der Waals surface area contributed by atoms with E-state index >= 15 is 0 Å². The number of hydrogen-bond donors (Lipinski definition) is 2. The summed E-state index contributed by atoms with van der Waals surface area (Å²) in [6.07, 6.45) is 4.02. The van der Waals surface area contributed by atoms with E-state index in [9.17, 15) is 4.79 Å². The summed E-state index contributed by atoms with van der Waals surface area (Å²) in [5.41, 5.74) is 0. The van der Waals surface area contributed by atoms with Gasteiger partial charge < -0.3 is 15.3 Å². The molecule has 0 aromatic rings. The number of piperidine rings is 1. The molecule has 0 spiro atoms. The molecule has 4 nitrogen and oxygen atoms in total. The Balaban J connectivity index is 1.77. The zero-order valence-corrected chi connectivity index (χ0v) is 9.82. The minimum absolute atomic E-state index is 0.217. The second-order valence-corrected chi connectivity index (χ2v) is 4.97. The van der Waals surface area contributed by atoms with Gasteiger partial charge in [0.1, 0.15) is 0 Å². The Kier molecular flexibility index (Phi) is 4.18.